The predicted molar refractivity (Wildman–Crippen MR) is 101 cm³/mol. The number of aromatic nitrogens is 1. The number of thiazole rings is 1. The summed E-state index contributed by atoms with van der Waals surface area (Å²) in [6.07, 6.45) is 1.53. The van der Waals surface area contributed by atoms with Crippen molar-refractivity contribution in [2.45, 2.75) is 6.92 Å². The normalized spacial score (nSPS) is 12.2. The topological polar surface area (TPSA) is 29.6 Å². The Morgan fingerprint density at radius 3 is 2.62 bits per heavy atom. The number of hydrogen-bond acceptors (Lipinski definition) is 3. The molecule has 0 aliphatic carbocycles. The van der Waals surface area contributed by atoms with Crippen LogP contribution in [0.2, 0.25) is 0 Å². The van der Waals surface area contributed by atoms with Crippen molar-refractivity contribution in [1.82, 2.24) is 4.68 Å². The van der Waals surface area contributed by atoms with Gasteiger partial charge in [0.15, 0.2) is 0 Å². The fourth-order valence-electron chi connectivity index (χ4n) is 2.17. The molecule has 0 amide bonds. The molecule has 122 valence electrons. The van der Waals surface area contributed by atoms with Crippen LogP contribution in [0.3, 0.4) is 0 Å². The molecular weight excluding hydrogens is 389 g/mol. The summed E-state index contributed by atoms with van der Waals surface area (Å²) in [5, 5.41) is 6.48. The molecule has 3 aromatic rings. The summed E-state index contributed by atoms with van der Waals surface area (Å²) in [5.74, 6) is -0.295. The van der Waals surface area contributed by atoms with E-state index in [0.29, 0.717) is 12.1 Å². The molecule has 0 bridgehead atoms. The quantitative estimate of drug-likeness (QED) is 0.553. The lowest BCUT2D eigenvalue weighted by Crippen LogP contribution is -2.12. The third kappa shape index (κ3) is 3.71. The van der Waals surface area contributed by atoms with Crippen molar-refractivity contribution >= 4 is 33.5 Å². The molecule has 1 aromatic heterocycles. The summed E-state index contributed by atoms with van der Waals surface area (Å²) in [4.78, 5) is 5.25. The zero-order chi connectivity index (χ0) is 16.9. The van der Waals surface area contributed by atoms with E-state index in [1.165, 1.54) is 23.6 Å². The van der Waals surface area contributed by atoms with E-state index in [9.17, 15) is 4.39 Å². The van der Waals surface area contributed by atoms with E-state index in [-0.39, 0.29) is 5.82 Å². The van der Waals surface area contributed by atoms with Crippen LogP contribution in [0.5, 0.6) is 0 Å². The maximum absolute atomic E-state index is 13.8. The monoisotopic (exact) mass is 403 g/mol. The minimum atomic E-state index is -0.295. The highest BCUT2D eigenvalue weighted by atomic mass is 79.9. The maximum atomic E-state index is 13.8. The van der Waals surface area contributed by atoms with Gasteiger partial charge in [0.05, 0.1) is 11.9 Å². The van der Waals surface area contributed by atoms with E-state index < -0.39 is 0 Å². The molecule has 2 aromatic carbocycles. The van der Waals surface area contributed by atoms with E-state index in [0.717, 1.165) is 20.5 Å². The van der Waals surface area contributed by atoms with Crippen molar-refractivity contribution in [1.29, 1.82) is 0 Å². The highest BCUT2D eigenvalue weighted by molar-refractivity contribution is 9.10. The summed E-state index contributed by atoms with van der Waals surface area (Å²) in [7, 11) is 0. The number of halogens is 2. The van der Waals surface area contributed by atoms with E-state index in [1.54, 1.807) is 22.9 Å². The summed E-state index contributed by atoms with van der Waals surface area (Å²) in [6, 6.07) is 14.6. The van der Waals surface area contributed by atoms with Crippen LogP contribution in [-0.2, 0) is 0 Å². The molecule has 0 aliphatic rings. The van der Waals surface area contributed by atoms with Crippen LogP contribution in [0.25, 0.3) is 11.3 Å². The Morgan fingerprint density at radius 1 is 1.17 bits per heavy atom. The molecule has 0 saturated heterocycles. The number of hydrogen-bond donors (Lipinski definition) is 0. The van der Waals surface area contributed by atoms with E-state index in [2.05, 4.69) is 26.0 Å². The summed E-state index contributed by atoms with van der Waals surface area (Å²) in [6.45, 7) is 2.64. The molecule has 24 heavy (non-hydrogen) atoms. The summed E-state index contributed by atoms with van der Waals surface area (Å²) >= 11 is 4.96. The lowest BCUT2D eigenvalue weighted by Gasteiger charge is -2.04. The summed E-state index contributed by atoms with van der Waals surface area (Å²) < 4.78 is 16.6. The van der Waals surface area contributed by atoms with Crippen LogP contribution in [0.4, 0.5) is 4.39 Å². The van der Waals surface area contributed by atoms with Crippen molar-refractivity contribution in [3.8, 4) is 11.3 Å². The van der Waals surface area contributed by atoms with Crippen LogP contribution in [0.15, 0.2) is 68.5 Å². The number of benzene rings is 2. The fraction of sp³-hybridized carbons (Fsp3) is 0.111. The molecule has 0 saturated carbocycles. The predicted octanol–water partition coefficient (Wildman–Crippen LogP) is 4.92. The molecule has 0 spiro atoms. The highest BCUT2D eigenvalue weighted by Crippen LogP contribution is 2.22. The van der Waals surface area contributed by atoms with Crippen molar-refractivity contribution in [3.63, 3.8) is 0 Å². The molecule has 0 aliphatic heterocycles. The van der Waals surface area contributed by atoms with Gasteiger partial charge in [-0.25, -0.2) is 9.07 Å². The van der Waals surface area contributed by atoms with Gasteiger partial charge < -0.3 is 0 Å². The Bertz CT molecular complexity index is 926. The van der Waals surface area contributed by atoms with Crippen LogP contribution < -0.4 is 4.80 Å². The third-order valence-electron chi connectivity index (χ3n) is 3.34. The Morgan fingerprint density at radius 2 is 1.92 bits per heavy atom. The molecule has 0 unspecified atom stereocenters. The largest absolute Gasteiger partial charge is 0.258 e. The SMILES string of the molecule is CCN=c1scc(-c2ccc(Br)cc2)n1N=Cc1ccccc1F. The lowest BCUT2D eigenvalue weighted by atomic mass is 10.2. The first kappa shape index (κ1) is 16.8. The molecule has 0 atom stereocenters. The van der Waals surface area contributed by atoms with Crippen molar-refractivity contribution in [3.05, 3.63) is 74.6 Å². The molecule has 3 rings (SSSR count). The molecule has 6 heteroatoms. The average Bonchev–Trinajstić information content (AvgIpc) is 2.98. The van der Waals surface area contributed by atoms with Crippen molar-refractivity contribution < 1.29 is 4.39 Å². The first-order valence-electron chi connectivity index (χ1n) is 7.45. The van der Waals surface area contributed by atoms with Gasteiger partial charge in [0, 0.05) is 27.5 Å². The smallest absolute Gasteiger partial charge is 0.206 e. The van der Waals surface area contributed by atoms with Crippen molar-refractivity contribution in [2.75, 3.05) is 6.54 Å². The second-order valence-electron chi connectivity index (χ2n) is 4.96. The van der Waals surface area contributed by atoms with E-state index in [4.69, 9.17) is 0 Å². The molecule has 0 N–H and O–H groups in total. The molecule has 0 fully saturated rings. The Hall–Kier alpha value is -2.05. The van der Waals surface area contributed by atoms with Gasteiger partial charge in [-0.3, -0.25) is 4.99 Å². The van der Waals surface area contributed by atoms with Gasteiger partial charge in [0.2, 0.25) is 4.80 Å². The first-order chi connectivity index (χ1) is 11.7. The zero-order valence-corrected chi connectivity index (χ0v) is 15.4. The third-order valence-corrected chi connectivity index (χ3v) is 4.72. The summed E-state index contributed by atoms with van der Waals surface area (Å²) in [5.41, 5.74) is 2.39. The van der Waals surface area contributed by atoms with Crippen LogP contribution in [0, 0.1) is 5.82 Å². The highest BCUT2D eigenvalue weighted by Gasteiger charge is 2.07. The standard InChI is InChI=1S/C18H15BrFN3S/c1-2-21-18-23(22-11-14-5-3-4-6-16(14)20)17(12-24-18)13-7-9-15(19)10-8-13/h3-12H,2H2,1H3. The van der Waals surface area contributed by atoms with Gasteiger partial charge in [-0.2, -0.15) is 5.10 Å². The molecular formula is C18H15BrFN3S. The van der Waals surface area contributed by atoms with Gasteiger partial charge in [0.1, 0.15) is 5.82 Å². The molecule has 3 nitrogen and oxygen atoms in total. The minimum Gasteiger partial charge on any atom is -0.258 e. The number of rotatable bonds is 4. The first-order valence-corrected chi connectivity index (χ1v) is 9.12. The van der Waals surface area contributed by atoms with Crippen molar-refractivity contribution in [2.24, 2.45) is 10.1 Å². The second kappa shape index (κ2) is 7.68. The Balaban J connectivity index is 2.08. The second-order valence-corrected chi connectivity index (χ2v) is 6.71. The van der Waals surface area contributed by atoms with E-state index >= 15 is 0 Å². The molecule has 0 radical (unpaired) electrons. The minimum absolute atomic E-state index is 0.295. The zero-order valence-electron chi connectivity index (χ0n) is 13.0. The Kier molecular flexibility index (Phi) is 5.37. The van der Waals surface area contributed by atoms with E-state index in [1.807, 2.05) is 36.6 Å². The van der Waals surface area contributed by atoms with Crippen LogP contribution in [0.1, 0.15) is 12.5 Å². The maximum Gasteiger partial charge on any atom is 0.206 e. The van der Waals surface area contributed by atoms with Gasteiger partial charge >= 0.3 is 0 Å². The molecule has 1 heterocycles. The van der Waals surface area contributed by atoms with Crippen LogP contribution >= 0.6 is 27.3 Å². The lowest BCUT2D eigenvalue weighted by molar-refractivity contribution is 0.625. The van der Waals surface area contributed by atoms with Gasteiger partial charge in [-0.1, -0.05) is 46.3 Å². The van der Waals surface area contributed by atoms with Gasteiger partial charge in [0.25, 0.3) is 0 Å². The average molecular weight is 404 g/mol. The van der Waals surface area contributed by atoms with Crippen LogP contribution in [-0.4, -0.2) is 17.4 Å². The van der Waals surface area contributed by atoms with Gasteiger partial charge in [-0.15, -0.1) is 11.3 Å². The Labute approximate surface area is 152 Å². The fourth-order valence-corrected chi connectivity index (χ4v) is 3.34. The van der Waals surface area contributed by atoms with Gasteiger partial charge in [-0.05, 0) is 25.1 Å². The number of nitrogens with zero attached hydrogens (tertiary/aromatic N) is 3.